The van der Waals surface area contributed by atoms with Gasteiger partial charge < -0.3 is 9.47 Å². The van der Waals surface area contributed by atoms with E-state index < -0.39 is 5.41 Å². The summed E-state index contributed by atoms with van der Waals surface area (Å²) in [6.45, 7) is 0. The average molecular weight is 882 g/mol. The topological polar surface area (TPSA) is 57.1 Å². The maximum absolute atomic E-state index is 7.13. The molecule has 322 valence electrons. The number of ether oxygens (including phenoxy) is 2. The molecule has 69 heavy (non-hydrogen) atoms. The number of hydrogen-bond acceptors (Lipinski definition) is 5. The van der Waals surface area contributed by atoms with Crippen molar-refractivity contribution in [2.24, 2.45) is 0 Å². The van der Waals surface area contributed by atoms with Crippen molar-refractivity contribution in [1.82, 2.24) is 15.0 Å². The van der Waals surface area contributed by atoms with Gasteiger partial charge in [0.05, 0.1) is 5.41 Å². The summed E-state index contributed by atoms with van der Waals surface area (Å²) < 4.78 is 13.9. The van der Waals surface area contributed by atoms with E-state index in [1.807, 2.05) is 42.5 Å². The summed E-state index contributed by atoms with van der Waals surface area (Å²) in [6, 6.07) is 83.1. The SMILES string of the molecule is c1ccc(-c2nc(-c3ccc4c5ccccc5c5ccccc5c4c3)nc(-c3ccccc3-c3ccc4c(c3)Oc3c(ccc5c3-c3ccccc3C5(c3ccccc3)c3ccccc3)O4)n2)cc1. The predicted octanol–water partition coefficient (Wildman–Crippen LogP) is 16.3. The van der Waals surface area contributed by atoms with Gasteiger partial charge in [-0.3, -0.25) is 0 Å². The molecule has 11 aromatic carbocycles. The summed E-state index contributed by atoms with van der Waals surface area (Å²) in [5.41, 5.74) is 10.9. The van der Waals surface area contributed by atoms with Gasteiger partial charge in [-0.15, -0.1) is 0 Å². The first-order valence-electron chi connectivity index (χ1n) is 23.3. The van der Waals surface area contributed by atoms with E-state index >= 15 is 0 Å². The molecule has 2 heterocycles. The first-order valence-corrected chi connectivity index (χ1v) is 23.3. The molecule has 5 heteroatoms. The van der Waals surface area contributed by atoms with E-state index in [2.05, 4.69) is 194 Å². The Morgan fingerprint density at radius 2 is 0.797 bits per heavy atom. The summed E-state index contributed by atoms with van der Waals surface area (Å²) >= 11 is 0. The number of rotatable bonds is 6. The highest BCUT2D eigenvalue weighted by Crippen LogP contribution is 2.62. The Balaban J connectivity index is 0.905. The molecule has 5 nitrogen and oxygen atoms in total. The van der Waals surface area contributed by atoms with E-state index in [0.717, 1.165) is 49.9 Å². The zero-order valence-electron chi connectivity index (χ0n) is 37.2. The van der Waals surface area contributed by atoms with Crippen LogP contribution in [-0.4, -0.2) is 15.0 Å². The highest BCUT2D eigenvalue weighted by Gasteiger charge is 2.48. The van der Waals surface area contributed by atoms with Crippen molar-refractivity contribution in [3.63, 3.8) is 0 Å². The molecule has 0 unspecified atom stereocenters. The van der Waals surface area contributed by atoms with E-state index in [1.165, 1.54) is 43.6 Å². The van der Waals surface area contributed by atoms with Crippen LogP contribution in [0.5, 0.6) is 23.0 Å². The molecule has 0 fully saturated rings. The van der Waals surface area contributed by atoms with E-state index in [9.17, 15) is 0 Å². The van der Waals surface area contributed by atoms with E-state index in [4.69, 9.17) is 24.4 Å². The molecule has 1 aliphatic heterocycles. The molecule has 14 rings (SSSR count). The van der Waals surface area contributed by atoms with Crippen molar-refractivity contribution in [1.29, 1.82) is 0 Å². The maximum atomic E-state index is 7.13. The van der Waals surface area contributed by atoms with Gasteiger partial charge >= 0.3 is 0 Å². The van der Waals surface area contributed by atoms with E-state index in [0.29, 0.717) is 40.5 Å². The van der Waals surface area contributed by atoms with Crippen molar-refractivity contribution in [3.05, 3.63) is 259 Å². The number of hydrogen-bond donors (Lipinski definition) is 0. The molecular formula is C64H39N3O2. The second-order valence-corrected chi connectivity index (χ2v) is 17.8. The first kappa shape index (κ1) is 39.0. The Labute approximate surface area is 398 Å². The third-order valence-electron chi connectivity index (χ3n) is 14.1. The van der Waals surface area contributed by atoms with Crippen LogP contribution in [0.4, 0.5) is 0 Å². The van der Waals surface area contributed by atoms with Crippen LogP contribution in [0.3, 0.4) is 0 Å². The van der Waals surface area contributed by atoms with Gasteiger partial charge in [-0.1, -0.05) is 212 Å². The van der Waals surface area contributed by atoms with Crippen LogP contribution in [0.2, 0.25) is 0 Å². The summed E-state index contributed by atoms with van der Waals surface area (Å²) in [4.78, 5) is 15.7. The largest absolute Gasteiger partial charge is 0.449 e. The number of nitrogens with zero attached hydrogens (tertiary/aromatic N) is 3. The fourth-order valence-electron chi connectivity index (χ4n) is 11.0. The van der Waals surface area contributed by atoms with Crippen molar-refractivity contribution < 1.29 is 9.47 Å². The Morgan fingerprint density at radius 1 is 0.290 bits per heavy atom. The second-order valence-electron chi connectivity index (χ2n) is 17.8. The summed E-state index contributed by atoms with van der Waals surface area (Å²) in [5.74, 6) is 4.45. The van der Waals surface area contributed by atoms with Crippen LogP contribution in [0.15, 0.2) is 237 Å². The second kappa shape index (κ2) is 15.4. The summed E-state index contributed by atoms with van der Waals surface area (Å²) in [6.07, 6.45) is 0. The lowest BCUT2D eigenvalue weighted by Gasteiger charge is -2.34. The third kappa shape index (κ3) is 6.00. The Hall–Kier alpha value is -9.19. The van der Waals surface area contributed by atoms with Crippen LogP contribution in [0.1, 0.15) is 22.3 Å². The molecule has 2 aliphatic rings. The van der Waals surface area contributed by atoms with Gasteiger partial charge in [-0.2, -0.15) is 0 Å². The smallest absolute Gasteiger partial charge is 0.178 e. The fourth-order valence-corrected chi connectivity index (χ4v) is 11.0. The van der Waals surface area contributed by atoms with Gasteiger partial charge in [-0.25, -0.2) is 15.0 Å². The molecule has 0 radical (unpaired) electrons. The molecule has 0 N–H and O–H groups in total. The number of aromatic nitrogens is 3. The Morgan fingerprint density at radius 3 is 1.48 bits per heavy atom. The fraction of sp³-hybridized carbons (Fsp3) is 0.0156. The Kier molecular flexibility index (Phi) is 8.73. The molecule has 1 aromatic heterocycles. The maximum Gasteiger partial charge on any atom is 0.178 e. The molecule has 0 saturated heterocycles. The lowest BCUT2D eigenvalue weighted by molar-refractivity contribution is 0.360. The molecule has 0 saturated carbocycles. The predicted molar refractivity (Wildman–Crippen MR) is 278 cm³/mol. The molecule has 0 atom stereocenters. The monoisotopic (exact) mass is 881 g/mol. The van der Waals surface area contributed by atoms with Gasteiger partial charge in [-0.05, 0) is 95.5 Å². The van der Waals surface area contributed by atoms with E-state index in [-0.39, 0.29) is 0 Å². The Bertz CT molecular complexity index is 3950. The minimum Gasteiger partial charge on any atom is -0.449 e. The minimum absolute atomic E-state index is 0.565. The van der Waals surface area contributed by atoms with Crippen LogP contribution >= 0.6 is 0 Å². The van der Waals surface area contributed by atoms with Gasteiger partial charge in [0.25, 0.3) is 0 Å². The van der Waals surface area contributed by atoms with Crippen LogP contribution in [-0.2, 0) is 5.41 Å². The normalized spacial score (nSPS) is 13.0. The quantitative estimate of drug-likeness (QED) is 0.156. The molecule has 12 aromatic rings. The summed E-state index contributed by atoms with van der Waals surface area (Å²) in [7, 11) is 0. The highest BCUT2D eigenvalue weighted by atomic mass is 16.6. The zero-order valence-corrected chi connectivity index (χ0v) is 37.2. The molecule has 0 spiro atoms. The molecule has 0 amide bonds. The first-order chi connectivity index (χ1) is 34.2. The van der Waals surface area contributed by atoms with Gasteiger partial charge in [0.1, 0.15) is 0 Å². The highest BCUT2D eigenvalue weighted by molar-refractivity contribution is 6.25. The summed E-state index contributed by atoms with van der Waals surface area (Å²) in [5, 5.41) is 7.22. The van der Waals surface area contributed by atoms with Crippen molar-refractivity contribution in [2.75, 3.05) is 0 Å². The van der Waals surface area contributed by atoms with Crippen LogP contribution in [0.25, 0.3) is 88.7 Å². The van der Waals surface area contributed by atoms with Crippen molar-refractivity contribution in [3.8, 4) is 79.4 Å². The standard InChI is InChI=1S/C64H39N3O2/c1-4-18-40(19-5-1)61-65-62(42-32-34-50-48-27-12-11-25-46(48)47-26-13-14-28-49(47)53(50)38-42)67-63(66-61)51-29-15-10-24-45(51)41-33-36-56-58(39-41)69-60-57(68-56)37-35-55-59(60)52-30-16-17-31-54(52)64(55,43-20-6-2-7-21-43)44-22-8-3-9-23-44/h1-39H. The number of fused-ring (bicyclic) bond motifs is 12. The van der Waals surface area contributed by atoms with Crippen molar-refractivity contribution in [2.45, 2.75) is 5.41 Å². The van der Waals surface area contributed by atoms with Gasteiger partial charge in [0.15, 0.2) is 40.5 Å². The van der Waals surface area contributed by atoms with Gasteiger partial charge in [0, 0.05) is 22.3 Å². The van der Waals surface area contributed by atoms with E-state index in [1.54, 1.807) is 0 Å². The van der Waals surface area contributed by atoms with Crippen LogP contribution in [0, 0.1) is 0 Å². The van der Waals surface area contributed by atoms with Crippen LogP contribution < -0.4 is 9.47 Å². The van der Waals surface area contributed by atoms with Crippen molar-refractivity contribution >= 4 is 32.3 Å². The van der Waals surface area contributed by atoms with Gasteiger partial charge in [0.2, 0.25) is 0 Å². The zero-order chi connectivity index (χ0) is 45.5. The molecular weight excluding hydrogens is 843 g/mol. The minimum atomic E-state index is -0.565. The third-order valence-corrected chi connectivity index (χ3v) is 14.1. The lowest BCUT2D eigenvalue weighted by atomic mass is 9.68. The molecule has 1 aliphatic carbocycles. The average Bonchev–Trinajstić information content (AvgIpc) is 3.74. The lowest BCUT2D eigenvalue weighted by Crippen LogP contribution is -2.28. The number of benzene rings is 11. The molecule has 0 bridgehead atoms.